The van der Waals surface area contributed by atoms with Crippen molar-refractivity contribution in [3.8, 4) is 0 Å². The smallest absolute Gasteiger partial charge is 0.332 e. The summed E-state index contributed by atoms with van der Waals surface area (Å²) in [7, 11) is 0. The lowest BCUT2D eigenvalue weighted by Gasteiger charge is -2.16. The van der Waals surface area contributed by atoms with Crippen LogP contribution in [0.4, 0.5) is 0 Å². The molecule has 0 saturated carbocycles. The summed E-state index contributed by atoms with van der Waals surface area (Å²) in [5.74, 6) is -0.684. The molecule has 1 fully saturated rings. The highest BCUT2D eigenvalue weighted by molar-refractivity contribution is 5.82. The van der Waals surface area contributed by atoms with Gasteiger partial charge >= 0.3 is 5.97 Å². The van der Waals surface area contributed by atoms with Crippen molar-refractivity contribution in [2.75, 3.05) is 6.54 Å². The lowest BCUT2D eigenvalue weighted by molar-refractivity contribution is -0.151. The first-order valence-electron chi connectivity index (χ1n) is 6.24. The standard InChI is InChI=1S/C12H21NO4/c1-3-8(4-2)7-13-11(14)9-5-6-10(17-9)12(15)16/h8-10H,3-7H2,1-2H3,(H,13,14)(H,15,16). The van der Waals surface area contributed by atoms with Crippen molar-refractivity contribution in [3.63, 3.8) is 0 Å². The van der Waals surface area contributed by atoms with Crippen molar-refractivity contribution in [3.05, 3.63) is 0 Å². The Balaban J connectivity index is 2.32. The lowest BCUT2D eigenvalue weighted by Crippen LogP contribution is -2.38. The number of aliphatic carboxylic acids is 1. The Morgan fingerprint density at radius 1 is 1.29 bits per heavy atom. The van der Waals surface area contributed by atoms with Gasteiger partial charge in [-0.25, -0.2) is 4.79 Å². The SMILES string of the molecule is CCC(CC)CNC(=O)C1CCC(C(=O)O)O1. The monoisotopic (exact) mass is 243 g/mol. The molecule has 0 aromatic rings. The molecule has 1 saturated heterocycles. The van der Waals surface area contributed by atoms with Gasteiger partial charge in [-0.3, -0.25) is 4.79 Å². The number of carbonyl (C=O) groups is 2. The molecule has 1 heterocycles. The molecule has 1 amide bonds. The number of rotatable bonds is 6. The van der Waals surface area contributed by atoms with Crippen molar-refractivity contribution < 1.29 is 19.4 Å². The molecule has 2 N–H and O–H groups in total. The minimum atomic E-state index is -0.986. The van der Waals surface area contributed by atoms with Gasteiger partial charge in [-0.15, -0.1) is 0 Å². The van der Waals surface area contributed by atoms with Gasteiger partial charge in [-0.1, -0.05) is 26.7 Å². The van der Waals surface area contributed by atoms with Crippen molar-refractivity contribution in [1.82, 2.24) is 5.32 Å². The molecule has 5 heteroatoms. The summed E-state index contributed by atoms with van der Waals surface area (Å²) in [6.45, 7) is 4.82. The maximum absolute atomic E-state index is 11.7. The van der Waals surface area contributed by atoms with Gasteiger partial charge in [0.05, 0.1) is 0 Å². The Bertz CT molecular complexity index is 276. The van der Waals surface area contributed by atoms with E-state index in [1.807, 2.05) is 0 Å². The van der Waals surface area contributed by atoms with Crippen LogP contribution < -0.4 is 5.32 Å². The summed E-state index contributed by atoms with van der Waals surface area (Å²) >= 11 is 0. The van der Waals surface area contributed by atoms with Crippen LogP contribution in [0.2, 0.25) is 0 Å². The summed E-state index contributed by atoms with van der Waals surface area (Å²) < 4.78 is 5.17. The van der Waals surface area contributed by atoms with Crippen LogP contribution >= 0.6 is 0 Å². The average Bonchev–Trinajstić information content (AvgIpc) is 2.79. The zero-order valence-corrected chi connectivity index (χ0v) is 10.4. The second kappa shape index (κ2) is 6.59. The normalized spacial score (nSPS) is 23.9. The first-order chi connectivity index (χ1) is 8.08. The van der Waals surface area contributed by atoms with E-state index in [0.717, 1.165) is 12.8 Å². The molecule has 98 valence electrons. The molecule has 5 nitrogen and oxygen atoms in total. The number of ether oxygens (including phenoxy) is 1. The summed E-state index contributed by atoms with van der Waals surface area (Å²) in [4.78, 5) is 22.4. The molecule has 1 rings (SSSR count). The number of carboxylic acids is 1. The van der Waals surface area contributed by atoms with Crippen LogP contribution in [0.3, 0.4) is 0 Å². The third-order valence-corrected chi connectivity index (χ3v) is 3.31. The van der Waals surface area contributed by atoms with Crippen LogP contribution in [0.15, 0.2) is 0 Å². The molecular weight excluding hydrogens is 222 g/mol. The zero-order chi connectivity index (χ0) is 12.8. The maximum atomic E-state index is 11.7. The number of carboxylic acid groups (broad SMARTS) is 1. The Kier molecular flexibility index (Phi) is 5.41. The maximum Gasteiger partial charge on any atom is 0.332 e. The molecular formula is C12H21NO4. The van der Waals surface area contributed by atoms with Crippen LogP contribution in [0.5, 0.6) is 0 Å². The predicted molar refractivity (Wildman–Crippen MR) is 62.6 cm³/mol. The van der Waals surface area contributed by atoms with Crippen LogP contribution in [0, 0.1) is 5.92 Å². The molecule has 0 spiro atoms. The topological polar surface area (TPSA) is 75.6 Å². The third-order valence-electron chi connectivity index (χ3n) is 3.31. The first kappa shape index (κ1) is 14.0. The summed E-state index contributed by atoms with van der Waals surface area (Å²) in [6.07, 6.45) is 1.55. The van der Waals surface area contributed by atoms with E-state index in [9.17, 15) is 9.59 Å². The highest BCUT2D eigenvalue weighted by Crippen LogP contribution is 2.20. The molecule has 1 aliphatic rings. The van der Waals surface area contributed by atoms with E-state index < -0.39 is 18.2 Å². The van der Waals surface area contributed by atoms with Crippen LogP contribution in [0.25, 0.3) is 0 Å². The van der Waals surface area contributed by atoms with Crippen molar-refractivity contribution in [2.24, 2.45) is 5.92 Å². The van der Waals surface area contributed by atoms with Gasteiger partial charge in [0.15, 0.2) is 6.10 Å². The van der Waals surface area contributed by atoms with Gasteiger partial charge in [-0.2, -0.15) is 0 Å². The van der Waals surface area contributed by atoms with E-state index in [0.29, 0.717) is 25.3 Å². The van der Waals surface area contributed by atoms with Crippen LogP contribution in [-0.2, 0) is 14.3 Å². The molecule has 0 radical (unpaired) electrons. The fourth-order valence-electron chi connectivity index (χ4n) is 1.95. The molecule has 0 aliphatic carbocycles. The van der Waals surface area contributed by atoms with Gasteiger partial charge in [0, 0.05) is 6.54 Å². The quantitative estimate of drug-likeness (QED) is 0.734. The summed E-state index contributed by atoms with van der Waals surface area (Å²) in [5.41, 5.74) is 0. The first-order valence-corrected chi connectivity index (χ1v) is 6.24. The Hall–Kier alpha value is -1.10. The molecule has 17 heavy (non-hydrogen) atoms. The van der Waals surface area contributed by atoms with E-state index in [1.54, 1.807) is 0 Å². The largest absolute Gasteiger partial charge is 0.479 e. The van der Waals surface area contributed by atoms with E-state index in [2.05, 4.69) is 19.2 Å². The lowest BCUT2D eigenvalue weighted by atomic mass is 10.0. The fourth-order valence-corrected chi connectivity index (χ4v) is 1.95. The van der Waals surface area contributed by atoms with Gasteiger partial charge < -0.3 is 15.2 Å². The van der Waals surface area contributed by atoms with Crippen LogP contribution in [0.1, 0.15) is 39.5 Å². The number of hydrogen-bond donors (Lipinski definition) is 2. The van der Waals surface area contributed by atoms with Crippen molar-refractivity contribution in [1.29, 1.82) is 0 Å². The summed E-state index contributed by atoms with van der Waals surface area (Å²) in [6, 6.07) is 0. The Morgan fingerprint density at radius 3 is 2.35 bits per heavy atom. The van der Waals surface area contributed by atoms with Gasteiger partial charge in [0.2, 0.25) is 5.91 Å². The predicted octanol–water partition coefficient (Wildman–Crippen LogP) is 1.17. The van der Waals surface area contributed by atoms with E-state index in [4.69, 9.17) is 9.84 Å². The molecule has 0 bridgehead atoms. The second-order valence-electron chi connectivity index (χ2n) is 4.46. The van der Waals surface area contributed by atoms with Gasteiger partial charge in [0.25, 0.3) is 0 Å². The zero-order valence-electron chi connectivity index (χ0n) is 10.4. The van der Waals surface area contributed by atoms with Crippen molar-refractivity contribution in [2.45, 2.75) is 51.7 Å². The van der Waals surface area contributed by atoms with E-state index >= 15 is 0 Å². The van der Waals surface area contributed by atoms with E-state index in [1.165, 1.54) is 0 Å². The number of hydrogen-bond acceptors (Lipinski definition) is 3. The van der Waals surface area contributed by atoms with Crippen LogP contribution in [-0.4, -0.2) is 35.7 Å². The minimum Gasteiger partial charge on any atom is -0.479 e. The van der Waals surface area contributed by atoms with E-state index in [-0.39, 0.29) is 5.91 Å². The third kappa shape index (κ3) is 4.00. The molecule has 2 atom stereocenters. The summed E-state index contributed by atoms with van der Waals surface area (Å²) in [5, 5.41) is 11.6. The van der Waals surface area contributed by atoms with Gasteiger partial charge in [-0.05, 0) is 18.8 Å². The average molecular weight is 243 g/mol. The van der Waals surface area contributed by atoms with Crippen molar-refractivity contribution >= 4 is 11.9 Å². The number of amides is 1. The molecule has 0 aromatic carbocycles. The van der Waals surface area contributed by atoms with Gasteiger partial charge in [0.1, 0.15) is 6.10 Å². The number of nitrogens with one attached hydrogen (secondary N) is 1. The minimum absolute atomic E-state index is 0.180. The highest BCUT2D eigenvalue weighted by Gasteiger charge is 2.34. The highest BCUT2D eigenvalue weighted by atomic mass is 16.5. The second-order valence-corrected chi connectivity index (χ2v) is 4.46. The Labute approximate surface area is 102 Å². The molecule has 0 aromatic heterocycles. The fraction of sp³-hybridized carbons (Fsp3) is 0.833. The number of carbonyl (C=O) groups excluding carboxylic acids is 1. The molecule has 1 aliphatic heterocycles. The molecule has 2 unspecified atom stereocenters. The Morgan fingerprint density at radius 2 is 1.88 bits per heavy atom.